The molecule has 0 aliphatic rings. The van der Waals surface area contributed by atoms with Gasteiger partial charge in [0.25, 0.3) is 0 Å². The Balaban J connectivity index is 2.46. The lowest BCUT2D eigenvalue weighted by Crippen LogP contribution is -2.42. The summed E-state index contributed by atoms with van der Waals surface area (Å²) in [6.45, 7) is 4.06. The molecule has 0 heterocycles. The number of nitrogens with one attached hydrogen (secondary N) is 1. The van der Waals surface area contributed by atoms with Crippen molar-refractivity contribution in [2.45, 2.75) is 32.4 Å². The van der Waals surface area contributed by atoms with Gasteiger partial charge in [0.05, 0.1) is 0 Å². The van der Waals surface area contributed by atoms with E-state index in [0.717, 1.165) is 0 Å². The summed E-state index contributed by atoms with van der Waals surface area (Å²) in [6, 6.07) is 6.70. The normalized spacial score (nSPS) is 14.1. The summed E-state index contributed by atoms with van der Waals surface area (Å²) in [4.78, 5) is 11.6. The largest absolute Gasteiger partial charge is 0.491 e. The van der Waals surface area contributed by atoms with Crippen LogP contribution in [-0.4, -0.2) is 29.8 Å². The molecule has 22 heavy (non-hydrogen) atoms. The van der Waals surface area contributed by atoms with Crippen LogP contribution in [0.1, 0.15) is 20.3 Å². The third kappa shape index (κ3) is 6.76. The Morgan fingerprint density at radius 1 is 1.41 bits per heavy atom. The molecule has 1 amide bonds. The predicted octanol–water partition coefficient (Wildman–Crippen LogP) is 2.69. The van der Waals surface area contributed by atoms with Gasteiger partial charge < -0.3 is 20.9 Å². The molecule has 0 aliphatic carbocycles. The van der Waals surface area contributed by atoms with Crippen LogP contribution in [0.3, 0.4) is 0 Å². The highest BCUT2D eigenvalue weighted by Crippen LogP contribution is 2.16. The zero-order chi connectivity index (χ0) is 16.5. The van der Waals surface area contributed by atoms with Gasteiger partial charge in [0, 0.05) is 18.2 Å². The number of rotatable bonds is 8. The minimum Gasteiger partial charge on any atom is -0.491 e. The first kappa shape index (κ1) is 18.9. The van der Waals surface area contributed by atoms with Crippen LogP contribution < -0.4 is 15.8 Å². The van der Waals surface area contributed by atoms with E-state index in [2.05, 4.69) is 27.9 Å². The van der Waals surface area contributed by atoms with Gasteiger partial charge in [-0.25, -0.2) is 0 Å². The van der Waals surface area contributed by atoms with E-state index in [-0.39, 0.29) is 24.5 Å². The standard InChI is InChI=1S/C16H23IN2O3/c1-11(2)16(18)14(20)10-22-13-7-5-12(6-8-13)19-15(21)4-3-9-17/h3,5-9,11,14,16,20H,4,10,18H2,1-2H3,(H,19,21). The molecule has 0 saturated carbocycles. The van der Waals surface area contributed by atoms with Gasteiger partial charge in [0.1, 0.15) is 18.5 Å². The van der Waals surface area contributed by atoms with Crippen molar-refractivity contribution in [2.75, 3.05) is 11.9 Å². The van der Waals surface area contributed by atoms with Gasteiger partial charge in [-0.2, -0.15) is 0 Å². The number of carbonyl (C=O) groups is 1. The van der Waals surface area contributed by atoms with Gasteiger partial charge in [-0.3, -0.25) is 4.79 Å². The van der Waals surface area contributed by atoms with Crippen LogP contribution in [0.15, 0.2) is 34.4 Å². The lowest BCUT2D eigenvalue weighted by atomic mass is 10.0. The number of benzene rings is 1. The fraction of sp³-hybridized carbons (Fsp3) is 0.438. The Morgan fingerprint density at radius 2 is 2.05 bits per heavy atom. The summed E-state index contributed by atoms with van der Waals surface area (Å²) < 4.78 is 7.32. The molecule has 1 aromatic carbocycles. The zero-order valence-corrected chi connectivity index (χ0v) is 15.0. The Morgan fingerprint density at radius 3 is 2.59 bits per heavy atom. The SMILES string of the molecule is CC(C)C(N)C(O)COc1ccc(NC(=O)CC=CI)cc1. The number of aliphatic hydroxyl groups excluding tert-OH is 1. The molecule has 0 saturated heterocycles. The zero-order valence-electron chi connectivity index (χ0n) is 12.8. The van der Waals surface area contributed by atoms with Crippen molar-refractivity contribution in [3.8, 4) is 5.75 Å². The second-order valence-corrected chi connectivity index (χ2v) is 6.06. The van der Waals surface area contributed by atoms with E-state index in [1.807, 2.05) is 13.8 Å². The molecule has 0 fully saturated rings. The number of nitrogens with two attached hydrogens (primary N) is 1. The first-order valence-electron chi connectivity index (χ1n) is 7.15. The molecule has 0 aromatic heterocycles. The third-order valence-electron chi connectivity index (χ3n) is 3.17. The van der Waals surface area contributed by atoms with E-state index < -0.39 is 6.10 Å². The topological polar surface area (TPSA) is 84.6 Å². The van der Waals surface area contributed by atoms with Gasteiger partial charge >= 0.3 is 0 Å². The van der Waals surface area contributed by atoms with E-state index in [9.17, 15) is 9.90 Å². The lowest BCUT2D eigenvalue weighted by molar-refractivity contribution is -0.115. The summed E-state index contributed by atoms with van der Waals surface area (Å²) >= 11 is 2.07. The van der Waals surface area contributed by atoms with Crippen molar-refractivity contribution in [3.05, 3.63) is 34.4 Å². The fourth-order valence-corrected chi connectivity index (χ4v) is 1.99. The summed E-state index contributed by atoms with van der Waals surface area (Å²) in [6.07, 6.45) is 1.42. The molecule has 2 atom stereocenters. The highest BCUT2D eigenvalue weighted by atomic mass is 127. The van der Waals surface area contributed by atoms with Crippen LogP contribution in [0.2, 0.25) is 0 Å². The molecular formula is C16H23IN2O3. The molecule has 0 bridgehead atoms. The maximum absolute atomic E-state index is 11.6. The molecule has 0 aliphatic heterocycles. The molecule has 1 rings (SSSR count). The summed E-state index contributed by atoms with van der Waals surface area (Å²) in [5, 5.41) is 12.7. The van der Waals surface area contributed by atoms with E-state index in [4.69, 9.17) is 10.5 Å². The number of anilines is 1. The quantitative estimate of drug-likeness (QED) is 0.567. The van der Waals surface area contributed by atoms with Crippen molar-refractivity contribution in [3.63, 3.8) is 0 Å². The Kier molecular flexibility index (Phi) is 8.44. The van der Waals surface area contributed by atoms with Gasteiger partial charge in [0.2, 0.25) is 5.91 Å². The minimum absolute atomic E-state index is 0.0695. The number of halogens is 1. The molecular weight excluding hydrogens is 395 g/mol. The summed E-state index contributed by atoms with van der Waals surface area (Å²) in [5.41, 5.74) is 6.57. The predicted molar refractivity (Wildman–Crippen MR) is 97.2 cm³/mol. The molecule has 5 nitrogen and oxygen atoms in total. The number of hydrogen-bond donors (Lipinski definition) is 3. The highest BCUT2D eigenvalue weighted by Gasteiger charge is 2.18. The highest BCUT2D eigenvalue weighted by molar-refractivity contribution is 14.1. The van der Waals surface area contributed by atoms with Gasteiger partial charge in [-0.1, -0.05) is 42.5 Å². The number of ether oxygens (including phenoxy) is 1. The van der Waals surface area contributed by atoms with Crippen LogP contribution >= 0.6 is 22.6 Å². The van der Waals surface area contributed by atoms with E-state index in [1.54, 1.807) is 34.4 Å². The number of carbonyl (C=O) groups excluding carboxylic acids is 1. The van der Waals surface area contributed by atoms with Crippen molar-refractivity contribution in [1.29, 1.82) is 0 Å². The Bertz CT molecular complexity index is 489. The maximum Gasteiger partial charge on any atom is 0.228 e. The van der Waals surface area contributed by atoms with Crippen molar-refractivity contribution >= 4 is 34.2 Å². The van der Waals surface area contributed by atoms with Crippen LogP contribution in [0.5, 0.6) is 5.75 Å². The van der Waals surface area contributed by atoms with Crippen molar-refractivity contribution in [1.82, 2.24) is 0 Å². The number of amides is 1. The first-order chi connectivity index (χ1) is 10.4. The van der Waals surface area contributed by atoms with Gasteiger partial charge in [0.15, 0.2) is 0 Å². The molecule has 1 aromatic rings. The molecule has 0 spiro atoms. The monoisotopic (exact) mass is 418 g/mol. The lowest BCUT2D eigenvalue weighted by Gasteiger charge is -2.22. The van der Waals surface area contributed by atoms with Crippen molar-refractivity contribution in [2.24, 2.45) is 11.7 Å². The second-order valence-electron chi connectivity index (χ2n) is 5.34. The molecule has 6 heteroatoms. The van der Waals surface area contributed by atoms with E-state index >= 15 is 0 Å². The van der Waals surface area contributed by atoms with Gasteiger partial charge in [-0.15, -0.1) is 0 Å². The van der Waals surface area contributed by atoms with Crippen LogP contribution in [-0.2, 0) is 4.79 Å². The number of aliphatic hydroxyl groups is 1. The average Bonchev–Trinajstić information content (AvgIpc) is 2.51. The second kappa shape index (κ2) is 9.81. The fourth-order valence-electron chi connectivity index (χ4n) is 1.74. The van der Waals surface area contributed by atoms with Crippen LogP contribution in [0.4, 0.5) is 5.69 Å². The molecule has 2 unspecified atom stereocenters. The van der Waals surface area contributed by atoms with E-state index in [1.165, 1.54) is 0 Å². The van der Waals surface area contributed by atoms with Gasteiger partial charge in [-0.05, 0) is 34.3 Å². The first-order valence-corrected chi connectivity index (χ1v) is 8.40. The van der Waals surface area contributed by atoms with Crippen LogP contribution in [0, 0.1) is 5.92 Å². The third-order valence-corrected chi connectivity index (χ3v) is 3.67. The minimum atomic E-state index is -0.709. The Labute approximate surface area is 145 Å². The maximum atomic E-state index is 11.6. The molecule has 4 N–H and O–H groups in total. The summed E-state index contributed by atoms with van der Waals surface area (Å²) in [5.74, 6) is 0.743. The molecule has 0 radical (unpaired) electrons. The molecule has 122 valence electrons. The smallest absolute Gasteiger partial charge is 0.228 e. The van der Waals surface area contributed by atoms with Crippen LogP contribution in [0.25, 0.3) is 0 Å². The summed E-state index contributed by atoms with van der Waals surface area (Å²) in [7, 11) is 0. The average molecular weight is 418 g/mol. The van der Waals surface area contributed by atoms with Crippen molar-refractivity contribution < 1.29 is 14.6 Å². The number of hydrogen-bond acceptors (Lipinski definition) is 4. The van der Waals surface area contributed by atoms with E-state index in [0.29, 0.717) is 17.9 Å². The Hall–Kier alpha value is -1.12.